The number of β-lactam (4-membered cyclic amide) rings is 1. The van der Waals surface area contributed by atoms with Crippen LogP contribution in [-0.4, -0.2) is 110 Å². The minimum Gasteiger partial charge on any atom is -0.480 e. The van der Waals surface area contributed by atoms with Gasteiger partial charge in [0.1, 0.15) is 23.5 Å². The van der Waals surface area contributed by atoms with Gasteiger partial charge in [-0.15, -0.1) is 11.8 Å². The fourth-order valence-corrected chi connectivity index (χ4v) is 5.82. The van der Waals surface area contributed by atoms with E-state index in [-0.39, 0.29) is 36.1 Å². The van der Waals surface area contributed by atoms with Gasteiger partial charge in [0.05, 0.1) is 0 Å². The Balaban J connectivity index is 0.00000306. The molecule has 0 aliphatic carbocycles. The third-order valence-electron chi connectivity index (χ3n) is 5.74. The first-order valence-corrected chi connectivity index (χ1v) is 10.9. The van der Waals surface area contributed by atoms with Gasteiger partial charge in [0.25, 0.3) is 0 Å². The van der Waals surface area contributed by atoms with Crippen LogP contribution in [0.5, 0.6) is 0 Å². The van der Waals surface area contributed by atoms with Crippen molar-refractivity contribution in [2.45, 2.75) is 42.1 Å². The van der Waals surface area contributed by atoms with Crippen LogP contribution in [0.2, 0.25) is 0 Å². The third kappa shape index (κ3) is 4.57. The van der Waals surface area contributed by atoms with Crippen molar-refractivity contribution >= 4 is 71.2 Å². The summed E-state index contributed by atoms with van der Waals surface area (Å²) in [5.74, 6) is -2.20. The Hall–Kier alpha value is -2.28. The molecule has 33 heavy (non-hydrogen) atoms. The maximum atomic E-state index is 13.1. The standard InChI is InChI=1S/C20H23N5O6S.Na/c1-20(2)13(17(28)29)25-15(27)12(16(25)32-20)22-14(26)11(10-6-4-3-5-7-10)23-19(31)24-9-8-21-18(24)30;/h3-7,11-13,16H,8-9H2,1-2H3,(H,21,30)(H,22,26)(H,23,31)(H,28,29);/t11-,12-,13+,16-;/m1./s1. The molecule has 11 nitrogen and oxygen atoms in total. The number of benzene rings is 1. The van der Waals surface area contributed by atoms with Crippen LogP contribution in [-0.2, 0) is 14.4 Å². The molecule has 0 spiro atoms. The molecule has 0 saturated carbocycles. The number of carbonyl (C=O) groups is 5. The molecule has 1 radical (unpaired) electrons. The fourth-order valence-electron chi connectivity index (χ4n) is 4.19. The van der Waals surface area contributed by atoms with E-state index in [1.165, 1.54) is 16.7 Å². The molecule has 4 N–H and O–H groups in total. The first-order chi connectivity index (χ1) is 15.1. The van der Waals surface area contributed by atoms with Crippen molar-refractivity contribution in [3.05, 3.63) is 35.9 Å². The molecule has 13 heteroatoms. The van der Waals surface area contributed by atoms with E-state index < -0.39 is 58.1 Å². The number of carbonyl (C=O) groups excluding carboxylic acids is 4. The predicted octanol–water partition coefficient (Wildman–Crippen LogP) is -0.287. The summed E-state index contributed by atoms with van der Waals surface area (Å²) in [6.45, 7) is 3.98. The Morgan fingerprint density at radius 1 is 1.21 bits per heavy atom. The van der Waals surface area contributed by atoms with Gasteiger partial charge in [-0.3, -0.25) is 9.59 Å². The van der Waals surface area contributed by atoms with Gasteiger partial charge >= 0.3 is 18.0 Å². The number of amides is 6. The number of imide groups is 1. The van der Waals surface area contributed by atoms with Crippen LogP contribution in [0.15, 0.2) is 30.3 Å². The van der Waals surface area contributed by atoms with Crippen LogP contribution in [0.25, 0.3) is 0 Å². The molecular weight excluding hydrogens is 461 g/mol. The summed E-state index contributed by atoms with van der Waals surface area (Å²) >= 11 is 1.31. The molecule has 3 aliphatic heterocycles. The number of rotatable bonds is 5. The monoisotopic (exact) mass is 484 g/mol. The molecule has 4 rings (SSSR count). The zero-order valence-electron chi connectivity index (χ0n) is 18.4. The molecule has 6 amide bonds. The van der Waals surface area contributed by atoms with Gasteiger partial charge < -0.3 is 26.0 Å². The summed E-state index contributed by atoms with van der Waals surface area (Å²) in [5, 5.41) is 16.8. The van der Waals surface area contributed by atoms with Gasteiger partial charge in [0, 0.05) is 47.4 Å². The summed E-state index contributed by atoms with van der Waals surface area (Å²) in [6.07, 6.45) is 0. The number of fused-ring (bicyclic) bond motifs is 1. The summed E-state index contributed by atoms with van der Waals surface area (Å²) in [5.41, 5.74) is 0.476. The molecule has 1 aromatic rings. The second-order valence-electron chi connectivity index (χ2n) is 8.26. The van der Waals surface area contributed by atoms with Crippen molar-refractivity contribution in [2.24, 2.45) is 0 Å². The van der Waals surface area contributed by atoms with E-state index in [4.69, 9.17) is 0 Å². The van der Waals surface area contributed by atoms with Crippen LogP contribution in [0, 0.1) is 0 Å². The molecular formula is C20H23N5NaO6S. The van der Waals surface area contributed by atoms with Crippen LogP contribution in [0.4, 0.5) is 9.59 Å². The van der Waals surface area contributed by atoms with Crippen LogP contribution < -0.4 is 16.0 Å². The maximum absolute atomic E-state index is 13.1. The van der Waals surface area contributed by atoms with E-state index in [1.807, 2.05) is 0 Å². The number of thioether (sulfide) groups is 1. The molecule has 3 heterocycles. The van der Waals surface area contributed by atoms with Gasteiger partial charge in [-0.2, -0.15) is 0 Å². The Morgan fingerprint density at radius 3 is 2.45 bits per heavy atom. The largest absolute Gasteiger partial charge is 0.480 e. The molecule has 3 fully saturated rings. The number of hydrogen-bond donors (Lipinski definition) is 4. The zero-order valence-corrected chi connectivity index (χ0v) is 21.2. The zero-order chi connectivity index (χ0) is 23.2. The van der Waals surface area contributed by atoms with Crippen LogP contribution >= 0.6 is 11.8 Å². The van der Waals surface area contributed by atoms with Gasteiger partial charge in [0.2, 0.25) is 11.8 Å². The third-order valence-corrected chi connectivity index (χ3v) is 7.31. The van der Waals surface area contributed by atoms with E-state index in [2.05, 4.69) is 16.0 Å². The molecule has 3 saturated heterocycles. The van der Waals surface area contributed by atoms with E-state index in [9.17, 15) is 29.1 Å². The normalized spacial score (nSPS) is 25.8. The van der Waals surface area contributed by atoms with Gasteiger partial charge in [0.15, 0.2) is 0 Å². The van der Waals surface area contributed by atoms with Gasteiger partial charge in [-0.1, -0.05) is 30.3 Å². The molecule has 4 atom stereocenters. The van der Waals surface area contributed by atoms with Crippen LogP contribution in [0.1, 0.15) is 25.5 Å². The van der Waals surface area contributed by atoms with Crippen molar-refractivity contribution in [3.8, 4) is 0 Å². The first kappa shape index (κ1) is 25.3. The maximum Gasteiger partial charge on any atom is 0.327 e. The predicted molar refractivity (Wildman–Crippen MR) is 119 cm³/mol. The van der Waals surface area contributed by atoms with E-state index in [1.54, 1.807) is 44.2 Å². The van der Waals surface area contributed by atoms with Gasteiger partial charge in [-0.25, -0.2) is 19.3 Å². The average molecular weight is 484 g/mol. The molecule has 0 unspecified atom stereocenters. The summed E-state index contributed by atoms with van der Waals surface area (Å²) in [7, 11) is 0. The first-order valence-electron chi connectivity index (χ1n) is 10.1. The van der Waals surface area contributed by atoms with E-state index >= 15 is 0 Å². The number of nitrogens with zero attached hydrogens (tertiary/aromatic N) is 2. The average Bonchev–Trinajstić information content (AvgIpc) is 3.29. The summed E-state index contributed by atoms with van der Waals surface area (Å²) < 4.78 is -0.720. The second kappa shape index (κ2) is 9.53. The summed E-state index contributed by atoms with van der Waals surface area (Å²) in [6, 6.07) is 4.14. The molecule has 171 valence electrons. The van der Waals surface area contributed by atoms with Crippen LogP contribution in [0.3, 0.4) is 0 Å². The van der Waals surface area contributed by atoms with Crippen molar-refractivity contribution in [3.63, 3.8) is 0 Å². The van der Waals surface area contributed by atoms with Crippen molar-refractivity contribution in [1.82, 2.24) is 25.8 Å². The number of carboxylic acid groups (broad SMARTS) is 1. The Bertz CT molecular complexity index is 992. The minimum absolute atomic E-state index is 0. The minimum atomic E-state index is -1.14. The number of hydrogen-bond acceptors (Lipinski definition) is 6. The number of urea groups is 2. The number of aliphatic carboxylic acids is 1. The Kier molecular flexibility index (Phi) is 7.32. The Labute approximate surface area is 216 Å². The van der Waals surface area contributed by atoms with E-state index in [0.717, 1.165) is 4.90 Å². The number of nitrogens with one attached hydrogen (secondary N) is 3. The molecule has 1 aromatic carbocycles. The number of carboxylic acids is 1. The molecule has 0 aromatic heterocycles. The smallest absolute Gasteiger partial charge is 0.327 e. The van der Waals surface area contributed by atoms with Gasteiger partial charge in [-0.05, 0) is 19.4 Å². The molecule has 0 bridgehead atoms. The fraction of sp³-hybridized carbons (Fsp3) is 0.450. The van der Waals surface area contributed by atoms with E-state index in [0.29, 0.717) is 12.1 Å². The topological polar surface area (TPSA) is 148 Å². The summed E-state index contributed by atoms with van der Waals surface area (Å²) in [4.78, 5) is 64.2. The molecule has 3 aliphatic rings. The van der Waals surface area contributed by atoms with Crippen molar-refractivity contribution in [1.29, 1.82) is 0 Å². The van der Waals surface area contributed by atoms with Crippen molar-refractivity contribution in [2.75, 3.05) is 13.1 Å². The quantitative estimate of drug-likeness (QED) is 0.332. The second-order valence-corrected chi connectivity index (χ2v) is 10.0. The Morgan fingerprint density at radius 2 is 1.88 bits per heavy atom. The SMILES string of the molecule is CC1(C)S[C@@H]2[C@H](NC(=O)[C@H](NC(=O)N3CCNC3=O)c3ccccc3)C(=O)N2[C@H]1C(=O)O.[Na]. The van der Waals surface area contributed by atoms with Crippen molar-refractivity contribution < 1.29 is 29.1 Å².